The Morgan fingerprint density at radius 3 is 2.80 bits per heavy atom. The molecule has 6 rings (SSSR count). The first-order valence-electron chi connectivity index (χ1n) is 11.5. The zero-order chi connectivity index (χ0) is 23.9. The van der Waals surface area contributed by atoms with E-state index in [1.54, 1.807) is 13.4 Å². The van der Waals surface area contributed by atoms with E-state index in [9.17, 15) is 4.79 Å². The second kappa shape index (κ2) is 8.81. The van der Waals surface area contributed by atoms with Crippen molar-refractivity contribution in [2.75, 3.05) is 12.4 Å². The number of carbonyl (C=O) groups excluding carboxylic acids is 1. The monoisotopic (exact) mass is 488 g/mol. The molecule has 178 valence electrons. The minimum absolute atomic E-state index is 0.163. The van der Waals surface area contributed by atoms with Crippen LogP contribution in [0.3, 0.4) is 0 Å². The van der Waals surface area contributed by atoms with Gasteiger partial charge in [-0.3, -0.25) is 9.36 Å². The van der Waals surface area contributed by atoms with Crippen molar-refractivity contribution in [2.45, 2.75) is 42.6 Å². The number of para-hydroxylation sites is 1. The van der Waals surface area contributed by atoms with Gasteiger partial charge in [-0.15, -0.1) is 10.2 Å². The SMILES string of the molecule is COc1cc2c(cc1NC(=O)[C@@H](C)Sc1nnc(C3CC3)n1Cc1ccco1)oc1ccccc12. The van der Waals surface area contributed by atoms with Crippen LogP contribution in [-0.4, -0.2) is 33.0 Å². The molecule has 0 unspecified atom stereocenters. The van der Waals surface area contributed by atoms with Gasteiger partial charge in [-0.1, -0.05) is 30.0 Å². The maximum Gasteiger partial charge on any atom is 0.237 e. The number of amides is 1. The maximum atomic E-state index is 13.2. The lowest BCUT2D eigenvalue weighted by Gasteiger charge is -2.15. The highest BCUT2D eigenvalue weighted by atomic mass is 32.2. The third-order valence-corrected chi connectivity index (χ3v) is 7.27. The Labute approximate surface area is 205 Å². The number of methoxy groups -OCH3 is 1. The van der Waals surface area contributed by atoms with Crippen molar-refractivity contribution in [3.63, 3.8) is 0 Å². The molecule has 0 radical (unpaired) electrons. The zero-order valence-corrected chi connectivity index (χ0v) is 20.2. The Kier molecular flexibility index (Phi) is 5.49. The molecule has 3 heterocycles. The van der Waals surface area contributed by atoms with Crippen LogP contribution in [0.4, 0.5) is 5.69 Å². The fourth-order valence-electron chi connectivity index (χ4n) is 4.20. The lowest BCUT2D eigenvalue weighted by Crippen LogP contribution is -2.23. The molecule has 3 aromatic heterocycles. The van der Waals surface area contributed by atoms with Crippen molar-refractivity contribution in [1.29, 1.82) is 0 Å². The summed E-state index contributed by atoms with van der Waals surface area (Å²) in [6, 6.07) is 15.3. The number of ether oxygens (including phenoxy) is 1. The van der Waals surface area contributed by atoms with Gasteiger partial charge in [-0.05, 0) is 44.0 Å². The van der Waals surface area contributed by atoms with Gasteiger partial charge in [0.1, 0.15) is 28.5 Å². The number of hydrogen-bond donors (Lipinski definition) is 1. The number of furan rings is 2. The molecular weight excluding hydrogens is 464 g/mol. The van der Waals surface area contributed by atoms with Crippen LogP contribution >= 0.6 is 11.8 Å². The number of carbonyl (C=O) groups is 1. The fourth-order valence-corrected chi connectivity index (χ4v) is 5.06. The van der Waals surface area contributed by atoms with Crippen LogP contribution in [0.2, 0.25) is 0 Å². The van der Waals surface area contributed by atoms with E-state index in [0.717, 1.165) is 40.8 Å². The summed E-state index contributed by atoms with van der Waals surface area (Å²) in [6.45, 7) is 2.40. The van der Waals surface area contributed by atoms with Gasteiger partial charge < -0.3 is 18.9 Å². The predicted octanol–water partition coefficient (Wildman–Crippen LogP) is 5.82. The number of benzene rings is 2. The van der Waals surface area contributed by atoms with Gasteiger partial charge in [-0.25, -0.2) is 0 Å². The number of nitrogens with one attached hydrogen (secondary N) is 1. The molecule has 1 saturated carbocycles. The van der Waals surface area contributed by atoms with Gasteiger partial charge in [0.25, 0.3) is 0 Å². The summed E-state index contributed by atoms with van der Waals surface area (Å²) in [5.41, 5.74) is 2.04. The average Bonchev–Trinajstić information content (AvgIpc) is 3.26. The van der Waals surface area contributed by atoms with Crippen molar-refractivity contribution in [3.8, 4) is 5.75 Å². The van der Waals surface area contributed by atoms with Crippen LogP contribution in [0.15, 0.2) is 68.8 Å². The van der Waals surface area contributed by atoms with Gasteiger partial charge in [-0.2, -0.15) is 0 Å². The first-order chi connectivity index (χ1) is 17.1. The number of rotatable bonds is 8. The minimum Gasteiger partial charge on any atom is -0.495 e. The Morgan fingerprint density at radius 2 is 2.03 bits per heavy atom. The van der Waals surface area contributed by atoms with Crippen molar-refractivity contribution in [3.05, 3.63) is 66.4 Å². The predicted molar refractivity (Wildman–Crippen MR) is 134 cm³/mol. The van der Waals surface area contributed by atoms with Crippen LogP contribution in [-0.2, 0) is 11.3 Å². The molecule has 2 aromatic carbocycles. The normalized spacial score (nSPS) is 14.5. The first-order valence-corrected chi connectivity index (χ1v) is 12.4. The second-order valence-corrected chi connectivity index (χ2v) is 9.98. The molecule has 9 heteroatoms. The van der Waals surface area contributed by atoms with E-state index in [-0.39, 0.29) is 5.91 Å². The summed E-state index contributed by atoms with van der Waals surface area (Å²) < 4.78 is 19.2. The highest BCUT2D eigenvalue weighted by molar-refractivity contribution is 8.00. The van der Waals surface area contributed by atoms with Gasteiger partial charge in [0.05, 0.1) is 30.9 Å². The Hall–Kier alpha value is -3.72. The molecule has 1 atom stereocenters. The van der Waals surface area contributed by atoms with E-state index in [1.807, 2.05) is 55.5 Å². The smallest absolute Gasteiger partial charge is 0.237 e. The third-order valence-electron chi connectivity index (χ3n) is 6.19. The zero-order valence-electron chi connectivity index (χ0n) is 19.4. The molecular formula is C26H24N4O4S. The second-order valence-electron chi connectivity index (χ2n) is 8.68. The van der Waals surface area contributed by atoms with Gasteiger partial charge in [0, 0.05) is 22.8 Å². The third kappa shape index (κ3) is 4.16. The summed E-state index contributed by atoms with van der Waals surface area (Å²) >= 11 is 1.38. The Bertz CT molecular complexity index is 1520. The Morgan fingerprint density at radius 1 is 1.17 bits per heavy atom. The summed E-state index contributed by atoms with van der Waals surface area (Å²) in [5, 5.41) is 14.1. The summed E-state index contributed by atoms with van der Waals surface area (Å²) in [7, 11) is 1.59. The molecule has 0 bridgehead atoms. The highest BCUT2D eigenvalue weighted by Crippen LogP contribution is 2.41. The van der Waals surface area contributed by atoms with E-state index in [4.69, 9.17) is 13.6 Å². The lowest BCUT2D eigenvalue weighted by atomic mass is 10.1. The van der Waals surface area contributed by atoms with Crippen LogP contribution in [0, 0.1) is 0 Å². The molecule has 35 heavy (non-hydrogen) atoms. The van der Waals surface area contributed by atoms with E-state index in [2.05, 4.69) is 20.1 Å². The maximum absolute atomic E-state index is 13.2. The number of thioether (sulfide) groups is 1. The fraction of sp³-hybridized carbons (Fsp3) is 0.269. The van der Waals surface area contributed by atoms with E-state index in [0.29, 0.717) is 34.6 Å². The highest BCUT2D eigenvalue weighted by Gasteiger charge is 2.31. The van der Waals surface area contributed by atoms with Crippen molar-refractivity contribution in [1.82, 2.24) is 14.8 Å². The number of nitrogens with zero attached hydrogens (tertiary/aromatic N) is 3. The van der Waals surface area contributed by atoms with Gasteiger partial charge in [0.15, 0.2) is 5.16 Å². The molecule has 5 aromatic rings. The van der Waals surface area contributed by atoms with E-state index in [1.165, 1.54) is 11.8 Å². The molecule has 0 aliphatic heterocycles. The van der Waals surface area contributed by atoms with Gasteiger partial charge in [0.2, 0.25) is 5.91 Å². The number of hydrogen-bond acceptors (Lipinski definition) is 7. The Balaban J connectivity index is 1.24. The molecule has 0 spiro atoms. The van der Waals surface area contributed by atoms with E-state index < -0.39 is 5.25 Å². The number of aromatic nitrogens is 3. The minimum atomic E-state index is -0.419. The summed E-state index contributed by atoms with van der Waals surface area (Å²) in [6.07, 6.45) is 3.88. The average molecular weight is 489 g/mol. The standard InChI is InChI=1S/C26H24N4O4S/c1-15(35-26-29-28-24(16-9-10-16)30(26)14-17-6-5-11-33-17)25(31)27-20-13-22-19(12-23(20)32-2)18-7-3-4-8-21(18)34-22/h3-8,11-13,15-16H,9-10,14H2,1-2H3,(H,27,31)/t15-/m1/s1. The number of fused-ring (bicyclic) bond motifs is 3. The van der Waals surface area contributed by atoms with Crippen LogP contribution < -0.4 is 10.1 Å². The molecule has 1 aliphatic rings. The quantitative estimate of drug-likeness (QED) is 0.275. The molecule has 1 N–H and O–H groups in total. The lowest BCUT2D eigenvalue weighted by molar-refractivity contribution is -0.115. The molecule has 8 nitrogen and oxygen atoms in total. The topological polar surface area (TPSA) is 95.3 Å². The van der Waals surface area contributed by atoms with Crippen LogP contribution in [0.5, 0.6) is 5.75 Å². The number of anilines is 1. The molecule has 0 saturated heterocycles. The summed E-state index contributed by atoms with van der Waals surface area (Å²) in [4.78, 5) is 13.2. The van der Waals surface area contributed by atoms with Crippen molar-refractivity contribution >= 4 is 45.3 Å². The molecule has 1 fully saturated rings. The molecule has 1 aliphatic carbocycles. The largest absolute Gasteiger partial charge is 0.495 e. The molecule has 1 amide bonds. The van der Waals surface area contributed by atoms with Crippen molar-refractivity contribution in [2.24, 2.45) is 0 Å². The van der Waals surface area contributed by atoms with Gasteiger partial charge >= 0.3 is 0 Å². The van der Waals surface area contributed by atoms with Crippen LogP contribution in [0.1, 0.15) is 37.3 Å². The van der Waals surface area contributed by atoms with Crippen LogP contribution in [0.25, 0.3) is 21.9 Å². The van der Waals surface area contributed by atoms with E-state index >= 15 is 0 Å². The van der Waals surface area contributed by atoms with Crippen molar-refractivity contribution < 1.29 is 18.4 Å². The first kappa shape index (κ1) is 21.8. The summed E-state index contributed by atoms with van der Waals surface area (Å²) in [5.74, 6) is 2.62.